The Kier molecular flexibility index (Phi) is 4.29. The van der Waals surface area contributed by atoms with E-state index in [1.165, 1.54) is 6.20 Å². The van der Waals surface area contributed by atoms with Gasteiger partial charge in [0.15, 0.2) is 0 Å². The van der Waals surface area contributed by atoms with E-state index in [1.807, 2.05) is 50.4 Å². The quantitative estimate of drug-likeness (QED) is 0.871. The van der Waals surface area contributed by atoms with Crippen LogP contribution in [0.3, 0.4) is 0 Å². The summed E-state index contributed by atoms with van der Waals surface area (Å²) >= 11 is 1.64. The third-order valence-corrected chi connectivity index (χ3v) is 3.49. The molecule has 2 aromatic rings. The van der Waals surface area contributed by atoms with E-state index in [-0.39, 0.29) is 5.56 Å². The van der Waals surface area contributed by atoms with Crippen molar-refractivity contribution in [1.82, 2.24) is 9.78 Å². The Morgan fingerprint density at radius 3 is 2.75 bits per heavy atom. The summed E-state index contributed by atoms with van der Waals surface area (Å²) in [6, 6.07) is 7.86. The number of carboxylic acid groups (broad SMARTS) is 1. The number of thioether (sulfide) groups is 1. The van der Waals surface area contributed by atoms with Gasteiger partial charge in [-0.3, -0.25) is 0 Å². The maximum Gasteiger partial charge on any atom is 0.339 e. The van der Waals surface area contributed by atoms with E-state index >= 15 is 0 Å². The third-order valence-electron chi connectivity index (χ3n) is 2.76. The highest BCUT2D eigenvalue weighted by Gasteiger charge is 2.16. The van der Waals surface area contributed by atoms with Crippen LogP contribution >= 0.6 is 11.8 Å². The molecule has 1 N–H and O–H groups in total. The summed E-state index contributed by atoms with van der Waals surface area (Å²) in [6.07, 6.45) is 5.23. The molecule has 0 radical (unpaired) electrons. The number of aromatic nitrogens is 2. The lowest BCUT2D eigenvalue weighted by Crippen LogP contribution is -2.03. The van der Waals surface area contributed by atoms with Crippen LogP contribution in [-0.2, 0) is 0 Å². The van der Waals surface area contributed by atoms with Crippen LogP contribution < -0.4 is 0 Å². The molecule has 0 spiro atoms. The van der Waals surface area contributed by atoms with Crippen LogP contribution in [0.25, 0.3) is 11.8 Å². The van der Waals surface area contributed by atoms with Gasteiger partial charge in [-0.1, -0.05) is 11.6 Å². The van der Waals surface area contributed by atoms with Crippen LogP contribution in [0, 0.1) is 0 Å². The molecule has 1 aromatic carbocycles. The molecule has 4 nitrogen and oxygen atoms in total. The molecular weight excluding hydrogens is 272 g/mol. The fourth-order valence-corrected chi connectivity index (χ4v) is 2.34. The lowest BCUT2D eigenvalue weighted by Gasteiger charge is -2.07. The Hall–Kier alpha value is -2.01. The predicted molar refractivity (Wildman–Crippen MR) is 81.6 cm³/mol. The van der Waals surface area contributed by atoms with Crippen molar-refractivity contribution in [2.75, 3.05) is 6.26 Å². The van der Waals surface area contributed by atoms with E-state index in [0.29, 0.717) is 5.69 Å². The molecular formula is C15H16N2O2S. The van der Waals surface area contributed by atoms with Gasteiger partial charge in [-0.05, 0) is 44.4 Å². The summed E-state index contributed by atoms with van der Waals surface area (Å²) in [7, 11) is 0. The maximum absolute atomic E-state index is 11.3. The van der Waals surface area contributed by atoms with Crippen molar-refractivity contribution < 1.29 is 9.90 Å². The van der Waals surface area contributed by atoms with E-state index in [0.717, 1.165) is 16.2 Å². The molecule has 1 aromatic heterocycles. The first-order chi connectivity index (χ1) is 9.52. The molecule has 5 heteroatoms. The minimum atomic E-state index is -0.968. The standard InChI is InChI=1S/C15H16N2O2S/c1-10(2)7-14-13(15(18)19)9-16-17(14)11-5-4-6-12(8-11)20-3/h4-9H,1-3H3,(H,18,19). The van der Waals surface area contributed by atoms with Gasteiger partial charge in [-0.2, -0.15) is 5.10 Å². The highest BCUT2D eigenvalue weighted by atomic mass is 32.2. The zero-order chi connectivity index (χ0) is 14.7. The summed E-state index contributed by atoms with van der Waals surface area (Å²) in [4.78, 5) is 12.4. The number of hydrogen-bond acceptors (Lipinski definition) is 3. The molecule has 2 rings (SSSR count). The molecule has 0 fully saturated rings. The van der Waals surface area contributed by atoms with Gasteiger partial charge < -0.3 is 5.11 Å². The summed E-state index contributed by atoms with van der Waals surface area (Å²) in [6.45, 7) is 3.86. The second kappa shape index (κ2) is 5.96. The van der Waals surface area contributed by atoms with Gasteiger partial charge >= 0.3 is 5.97 Å². The smallest absolute Gasteiger partial charge is 0.339 e. The van der Waals surface area contributed by atoms with E-state index in [1.54, 1.807) is 16.4 Å². The van der Waals surface area contributed by atoms with Crippen molar-refractivity contribution in [3.05, 3.63) is 47.3 Å². The van der Waals surface area contributed by atoms with Crippen LogP contribution in [-0.4, -0.2) is 27.1 Å². The summed E-state index contributed by atoms with van der Waals surface area (Å²) in [5.41, 5.74) is 2.68. The second-order valence-electron chi connectivity index (χ2n) is 4.58. The van der Waals surface area contributed by atoms with Crippen LogP contribution in [0.2, 0.25) is 0 Å². The largest absolute Gasteiger partial charge is 0.478 e. The molecule has 0 amide bonds. The number of aromatic carboxylic acids is 1. The van der Waals surface area contributed by atoms with Gasteiger partial charge in [0.25, 0.3) is 0 Å². The lowest BCUT2D eigenvalue weighted by atomic mass is 10.2. The van der Waals surface area contributed by atoms with E-state index in [4.69, 9.17) is 0 Å². The average molecular weight is 288 g/mol. The van der Waals surface area contributed by atoms with Crippen molar-refractivity contribution in [3.63, 3.8) is 0 Å². The number of allylic oxidation sites excluding steroid dienone is 1. The average Bonchev–Trinajstić information content (AvgIpc) is 2.81. The molecule has 0 saturated heterocycles. The first kappa shape index (κ1) is 14.4. The molecule has 0 aliphatic heterocycles. The first-order valence-electron chi connectivity index (χ1n) is 6.13. The SMILES string of the molecule is CSc1cccc(-n2ncc(C(=O)O)c2C=C(C)C)c1. The monoisotopic (exact) mass is 288 g/mol. The topological polar surface area (TPSA) is 55.1 Å². The summed E-state index contributed by atoms with van der Waals surface area (Å²) in [5.74, 6) is -0.968. The second-order valence-corrected chi connectivity index (χ2v) is 5.46. The minimum absolute atomic E-state index is 0.209. The van der Waals surface area contributed by atoms with E-state index in [2.05, 4.69) is 5.10 Å². The number of hydrogen-bond donors (Lipinski definition) is 1. The van der Waals surface area contributed by atoms with E-state index in [9.17, 15) is 9.90 Å². The molecule has 0 aliphatic carbocycles. The zero-order valence-electron chi connectivity index (χ0n) is 11.6. The van der Waals surface area contributed by atoms with Gasteiger partial charge in [0.2, 0.25) is 0 Å². The van der Waals surface area contributed by atoms with Gasteiger partial charge in [-0.15, -0.1) is 11.8 Å². The molecule has 0 aliphatic rings. The Balaban J connectivity index is 2.61. The number of benzene rings is 1. The maximum atomic E-state index is 11.3. The summed E-state index contributed by atoms with van der Waals surface area (Å²) in [5, 5.41) is 13.5. The molecule has 20 heavy (non-hydrogen) atoms. The minimum Gasteiger partial charge on any atom is -0.478 e. The first-order valence-corrected chi connectivity index (χ1v) is 7.36. The van der Waals surface area contributed by atoms with Crippen LogP contribution in [0.1, 0.15) is 29.9 Å². The van der Waals surface area contributed by atoms with Crippen LogP contribution in [0.5, 0.6) is 0 Å². The number of carbonyl (C=O) groups is 1. The van der Waals surface area contributed by atoms with Crippen molar-refractivity contribution in [1.29, 1.82) is 0 Å². The van der Waals surface area contributed by atoms with Crippen LogP contribution in [0.15, 0.2) is 40.9 Å². The number of nitrogens with zero attached hydrogens (tertiary/aromatic N) is 2. The molecule has 1 heterocycles. The zero-order valence-corrected chi connectivity index (χ0v) is 12.4. The Bertz CT molecular complexity index is 670. The Morgan fingerprint density at radius 1 is 1.40 bits per heavy atom. The van der Waals surface area contributed by atoms with Gasteiger partial charge in [0.05, 0.1) is 17.6 Å². The molecule has 0 atom stereocenters. The fraction of sp³-hybridized carbons (Fsp3) is 0.200. The van der Waals surface area contributed by atoms with Crippen molar-refractivity contribution >= 4 is 23.8 Å². The van der Waals surface area contributed by atoms with Gasteiger partial charge in [0.1, 0.15) is 5.56 Å². The van der Waals surface area contributed by atoms with Crippen molar-refractivity contribution in [3.8, 4) is 5.69 Å². The molecule has 104 valence electrons. The van der Waals surface area contributed by atoms with Crippen molar-refractivity contribution in [2.45, 2.75) is 18.7 Å². The Morgan fingerprint density at radius 2 is 2.15 bits per heavy atom. The normalized spacial score (nSPS) is 10.3. The van der Waals surface area contributed by atoms with Gasteiger partial charge in [-0.25, -0.2) is 9.48 Å². The number of rotatable bonds is 4. The summed E-state index contributed by atoms with van der Waals surface area (Å²) < 4.78 is 1.66. The molecule has 0 unspecified atom stereocenters. The predicted octanol–water partition coefficient (Wildman–Crippen LogP) is 3.72. The highest BCUT2D eigenvalue weighted by molar-refractivity contribution is 7.98. The van der Waals surface area contributed by atoms with Gasteiger partial charge in [0, 0.05) is 4.90 Å². The fourth-order valence-electron chi connectivity index (χ4n) is 1.88. The molecule has 0 saturated carbocycles. The highest BCUT2D eigenvalue weighted by Crippen LogP contribution is 2.22. The third kappa shape index (κ3) is 2.93. The molecule has 0 bridgehead atoms. The Labute approximate surface area is 122 Å². The van der Waals surface area contributed by atoms with Crippen LogP contribution in [0.4, 0.5) is 0 Å². The van der Waals surface area contributed by atoms with Crippen molar-refractivity contribution in [2.24, 2.45) is 0 Å². The van der Waals surface area contributed by atoms with E-state index < -0.39 is 5.97 Å². The number of carboxylic acids is 1. The lowest BCUT2D eigenvalue weighted by molar-refractivity contribution is 0.0696.